The standard InChI is InChI=1S/C9H13ClN2O4S/c10-8-2-1-6(11)3-9(8)17(15,16)12-4-7(14)5-13/h1-3,7,12-14H,4-5,11H2. The van der Waals surface area contributed by atoms with Crippen molar-refractivity contribution in [3.05, 3.63) is 23.2 Å². The van der Waals surface area contributed by atoms with E-state index in [1.807, 2.05) is 0 Å². The highest BCUT2D eigenvalue weighted by Crippen LogP contribution is 2.23. The molecule has 0 radical (unpaired) electrons. The highest BCUT2D eigenvalue weighted by molar-refractivity contribution is 7.89. The molecule has 1 unspecified atom stereocenters. The third kappa shape index (κ3) is 3.83. The molecule has 0 heterocycles. The molecular weight excluding hydrogens is 268 g/mol. The third-order valence-corrected chi connectivity index (χ3v) is 3.87. The van der Waals surface area contributed by atoms with Gasteiger partial charge in [0.25, 0.3) is 0 Å². The molecule has 17 heavy (non-hydrogen) atoms. The van der Waals surface area contributed by atoms with Crippen LogP contribution in [-0.4, -0.2) is 37.9 Å². The quantitative estimate of drug-likeness (QED) is 0.546. The molecule has 96 valence electrons. The highest BCUT2D eigenvalue weighted by Gasteiger charge is 2.19. The van der Waals surface area contributed by atoms with Crippen molar-refractivity contribution in [3.8, 4) is 0 Å². The predicted octanol–water partition coefficient (Wildman–Crippen LogP) is -0.446. The van der Waals surface area contributed by atoms with Crippen molar-refractivity contribution in [2.45, 2.75) is 11.0 Å². The summed E-state index contributed by atoms with van der Waals surface area (Å²) in [6.45, 7) is -0.836. The minimum Gasteiger partial charge on any atom is -0.399 e. The predicted molar refractivity (Wildman–Crippen MR) is 64.1 cm³/mol. The molecule has 1 rings (SSSR count). The van der Waals surface area contributed by atoms with Crippen LogP contribution in [0.4, 0.5) is 5.69 Å². The van der Waals surface area contributed by atoms with E-state index < -0.39 is 22.7 Å². The minimum atomic E-state index is -3.85. The van der Waals surface area contributed by atoms with Crippen molar-refractivity contribution in [1.29, 1.82) is 0 Å². The first-order valence-corrected chi connectivity index (χ1v) is 6.56. The molecule has 6 nitrogen and oxygen atoms in total. The monoisotopic (exact) mass is 280 g/mol. The molecule has 0 fully saturated rings. The molecule has 1 atom stereocenters. The maximum Gasteiger partial charge on any atom is 0.242 e. The molecule has 0 spiro atoms. The second kappa shape index (κ2) is 5.65. The van der Waals surface area contributed by atoms with Gasteiger partial charge in [0, 0.05) is 12.2 Å². The summed E-state index contributed by atoms with van der Waals surface area (Å²) >= 11 is 5.74. The first-order valence-electron chi connectivity index (χ1n) is 4.70. The number of nitrogens with one attached hydrogen (secondary N) is 1. The van der Waals surface area contributed by atoms with Crippen molar-refractivity contribution in [3.63, 3.8) is 0 Å². The molecule has 0 saturated heterocycles. The number of aliphatic hydroxyl groups is 2. The lowest BCUT2D eigenvalue weighted by molar-refractivity contribution is 0.0988. The van der Waals surface area contributed by atoms with Crippen LogP contribution in [0.2, 0.25) is 5.02 Å². The molecule has 0 amide bonds. The van der Waals surface area contributed by atoms with E-state index in [1.54, 1.807) is 0 Å². The molecule has 8 heteroatoms. The Kier molecular flexibility index (Phi) is 4.72. The Labute approximate surface area is 104 Å². The fraction of sp³-hybridized carbons (Fsp3) is 0.333. The van der Waals surface area contributed by atoms with Gasteiger partial charge in [0.05, 0.1) is 17.7 Å². The minimum absolute atomic E-state index is 0.0326. The zero-order valence-electron chi connectivity index (χ0n) is 8.80. The van der Waals surface area contributed by atoms with E-state index >= 15 is 0 Å². The lowest BCUT2D eigenvalue weighted by Gasteiger charge is -2.11. The Morgan fingerprint density at radius 1 is 1.47 bits per heavy atom. The molecule has 0 aliphatic carbocycles. The van der Waals surface area contributed by atoms with Crippen molar-refractivity contribution < 1.29 is 18.6 Å². The van der Waals surface area contributed by atoms with Gasteiger partial charge in [-0.25, -0.2) is 13.1 Å². The van der Waals surface area contributed by atoms with Crippen molar-refractivity contribution in [2.75, 3.05) is 18.9 Å². The number of benzene rings is 1. The smallest absolute Gasteiger partial charge is 0.242 e. The molecule has 0 saturated carbocycles. The van der Waals surface area contributed by atoms with Gasteiger partial charge in [0.15, 0.2) is 0 Å². The van der Waals surface area contributed by atoms with Crippen molar-refractivity contribution >= 4 is 27.3 Å². The van der Waals surface area contributed by atoms with Crippen LogP contribution in [0.5, 0.6) is 0 Å². The summed E-state index contributed by atoms with van der Waals surface area (Å²) in [5, 5.41) is 17.7. The number of rotatable bonds is 5. The number of anilines is 1. The van der Waals surface area contributed by atoms with Gasteiger partial charge < -0.3 is 15.9 Å². The first-order chi connectivity index (χ1) is 7.86. The highest BCUT2D eigenvalue weighted by atomic mass is 35.5. The molecule has 0 aromatic heterocycles. The maximum atomic E-state index is 11.8. The number of halogens is 1. The molecule has 1 aromatic carbocycles. The van der Waals surface area contributed by atoms with E-state index in [0.717, 1.165) is 0 Å². The summed E-state index contributed by atoms with van der Waals surface area (Å²) in [6, 6.07) is 4.06. The third-order valence-electron chi connectivity index (χ3n) is 1.96. The average Bonchev–Trinajstić information content (AvgIpc) is 2.29. The first kappa shape index (κ1) is 14.2. The Bertz CT molecular complexity index is 492. The van der Waals surface area contributed by atoms with E-state index in [-0.39, 0.29) is 22.2 Å². The van der Waals surface area contributed by atoms with Crippen LogP contribution < -0.4 is 10.5 Å². The van der Waals surface area contributed by atoms with Crippen LogP contribution in [0.1, 0.15) is 0 Å². The van der Waals surface area contributed by atoms with Crippen LogP contribution in [-0.2, 0) is 10.0 Å². The van der Waals surface area contributed by atoms with Gasteiger partial charge in [-0.2, -0.15) is 0 Å². The fourth-order valence-corrected chi connectivity index (χ4v) is 2.68. The Balaban J connectivity index is 2.93. The van der Waals surface area contributed by atoms with Gasteiger partial charge in [-0.15, -0.1) is 0 Å². The van der Waals surface area contributed by atoms with Gasteiger partial charge >= 0.3 is 0 Å². The summed E-state index contributed by atoms with van der Waals surface area (Å²) in [4.78, 5) is -0.163. The van der Waals surface area contributed by atoms with Crippen LogP contribution >= 0.6 is 11.6 Å². The number of nitrogens with two attached hydrogens (primary N) is 1. The molecule has 0 aliphatic heterocycles. The normalized spacial score (nSPS) is 13.6. The van der Waals surface area contributed by atoms with Crippen LogP contribution in [0.25, 0.3) is 0 Å². The Morgan fingerprint density at radius 2 is 2.12 bits per heavy atom. The number of aliphatic hydroxyl groups excluding tert-OH is 2. The lowest BCUT2D eigenvalue weighted by atomic mass is 10.3. The molecule has 1 aromatic rings. The largest absolute Gasteiger partial charge is 0.399 e. The van der Waals surface area contributed by atoms with Crippen molar-refractivity contribution in [1.82, 2.24) is 4.72 Å². The van der Waals surface area contributed by atoms with Gasteiger partial charge in [0.1, 0.15) is 4.90 Å². The second-order valence-corrected chi connectivity index (χ2v) is 5.52. The van der Waals surface area contributed by atoms with E-state index in [2.05, 4.69) is 4.72 Å². The summed E-state index contributed by atoms with van der Waals surface area (Å²) in [7, 11) is -3.85. The Morgan fingerprint density at radius 3 is 2.71 bits per heavy atom. The summed E-state index contributed by atoms with van der Waals surface area (Å²) < 4.78 is 25.7. The fourth-order valence-electron chi connectivity index (χ4n) is 1.07. The van der Waals surface area contributed by atoms with Crippen LogP contribution in [0, 0.1) is 0 Å². The lowest BCUT2D eigenvalue weighted by Crippen LogP contribution is -2.34. The van der Waals surface area contributed by atoms with E-state index in [4.69, 9.17) is 27.5 Å². The molecule has 0 aliphatic rings. The number of sulfonamides is 1. The van der Waals surface area contributed by atoms with E-state index in [9.17, 15) is 8.42 Å². The summed E-state index contributed by atoms with van der Waals surface area (Å²) in [5.74, 6) is 0. The van der Waals surface area contributed by atoms with Crippen LogP contribution in [0.3, 0.4) is 0 Å². The van der Waals surface area contributed by atoms with Gasteiger partial charge in [-0.1, -0.05) is 11.6 Å². The summed E-state index contributed by atoms with van der Waals surface area (Å²) in [6.07, 6.45) is -1.16. The molecular formula is C9H13ClN2O4S. The van der Waals surface area contributed by atoms with E-state index in [0.29, 0.717) is 0 Å². The zero-order valence-corrected chi connectivity index (χ0v) is 10.4. The summed E-state index contributed by atoms with van der Waals surface area (Å²) in [5.41, 5.74) is 5.73. The Hall–Kier alpha value is -0.860. The second-order valence-electron chi connectivity index (χ2n) is 3.38. The topological polar surface area (TPSA) is 113 Å². The number of hydrogen-bond donors (Lipinski definition) is 4. The van der Waals surface area contributed by atoms with Crippen LogP contribution in [0.15, 0.2) is 23.1 Å². The molecule has 5 N–H and O–H groups in total. The zero-order chi connectivity index (χ0) is 13.1. The van der Waals surface area contributed by atoms with Gasteiger partial charge in [-0.05, 0) is 18.2 Å². The van der Waals surface area contributed by atoms with Gasteiger partial charge in [-0.3, -0.25) is 0 Å². The average molecular weight is 281 g/mol. The van der Waals surface area contributed by atoms with E-state index in [1.165, 1.54) is 18.2 Å². The molecule has 0 bridgehead atoms. The number of nitrogen functional groups attached to an aromatic ring is 1. The van der Waals surface area contributed by atoms with Crippen molar-refractivity contribution in [2.24, 2.45) is 0 Å². The SMILES string of the molecule is Nc1ccc(Cl)c(S(=O)(=O)NCC(O)CO)c1. The van der Waals surface area contributed by atoms with Gasteiger partial charge in [0.2, 0.25) is 10.0 Å². The maximum absolute atomic E-state index is 11.8. The number of hydrogen-bond acceptors (Lipinski definition) is 5.